The van der Waals surface area contributed by atoms with Crippen molar-refractivity contribution in [3.63, 3.8) is 0 Å². The van der Waals surface area contributed by atoms with Crippen LogP contribution in [0.4, 0.5) is 0 Å². The SMILES string of the molecule is COc1cccc(-c2ccc([C@@H]3C[C@H]3NC3CCc4ccc(OC)cc43)cc2)c1. The van der Waals surface area contributed by atoms with Gasteiger partial charge >= 0.3 is 0 Å². The first-order valence-corrected chi connectivity index (χ1v) is 10.4. The van der Waals surface area contributed by atoms with E-state index in [0.717, 1.165) is 17.9 Å². The molecule has 0 aromatic heterocycles. The zero-order valence-electron chi connectivity index (χ0n) is 17.0. The van der Waals surface area contributed by atoms with Crippen molar-refractivity contribution in [1.29, 1.82) is 0 Å². The Morgan fingerprint density at radius 2 is 1.62 bits per heavy atom. The van der Waals surface area contributed by atoms with Crippen LogP contribution >= 0.6 is 0 Å². The lowest BCUT2D eigenvalue weighted by atomic mass is 10.0. The third kappa shape index (κ3) is 3.63. The van der Waals surface area contributed by atoms with Crippen LogP contribution in [0.2, 0.25) is 0 Å². The highest BCUT2D eigenvalue weighted by atomic mass is 16.5. The third-order valence-electron chi connectivity index (χ3n) is 6.38. The van der Waals surface area contributed by atoms with Gasteiger partial charge in [-0.05, 0) is 71.3 Å². The molecule has 0 heterocycles. The van der Waals surface area contributed by atoms with Crippen molar-refractivity contribution >= 4 is 0 Å². The van der Waals surface area contributed by atoms with E-state index >= 15 is 0 Å². The maximum absolute atomic E-state index is 5.43. The molecule has 0 spiro atoms. The van der Waals surface area contributed by atoms with Crippen molar-refractivity contribution in [2.24, 2.45) is 0 Å². The van der Waals surface area contributed by atoms with Gasteiger partial charge in [0.25, 0.3) is 0 Å². The highest BCUT2D eigenvalue weighted by Gasteiger charge is 2.40. The molecule has 5 rings (SSSR count). The Bertz CT molecular complexity index is 1010. The number of fused-ring (bicyclic) bond motifs is 1. The van der Waals surface area contributed by atoms with Crippen molar-refractivity contribution in [3.8, 4) is 22.6 Å². The van der Waals surface area contributed by atoms with Gasteiger partial charge in [-0.1, -0.05) is 42.5 Å². The van der Waals surface area contributed by atoms with Gasteiger partial charge < -0.3 is 14.8 Å². The smallest absolute Gasteiger partial charge is 0.119 e. The second-order valence-electron chi connectivity index (χ2n) is 8.13. The fourth-order valence-corrected chi connectivity index (χ4v) is 4.61. The first-order chi connectivity index (χ1) is 14.2. The number of ether oxygens (including phenoxy) is 2. The van der Waals surface area contributed by atoms with Gasteiger partial charge in [-0.15, -0.1) is 0 Å². The number of nitrogens with one attached hydrogen (secondary N) is 1. The molecule has 3 aromatic rings. The van der Waals surface area contributed by atoms with E-state index in [4.69, 9.17) is 9.47 Å². The number of benzene rings is 3. The lowest BCUT2D eigenvalue weighted by Crippen LogP contribution is -2.22. The highest BCUT2D eigenvalue weighted by molar-refractivity contribution is 5.65. The molecular weight excluding hydrogens is 358 g/mol. The quantitative estimate of drug-likeness (QED) is 0.607. The average molecular weight is 386 g/mol. The molecule has 0 bridgehead atoms. The molecule has 2 aliphatic rings. The Balaban J connectivity index is 1.26. The summed E-state index contributed by atoms with van der Waals surface area (Å²) in [7, 11) is 3.45. The van der Waals surface area contributed by atoms with E-state index in [1.54, 1.807) is 14.2 Å². The van der Waals surface area contributed by atoms with Gasteiger partial charge in [-0.25, -0.2) is 0 Å². The van der Waals surface area contributed by atoms with Gasteiger partial charge in [0.2, 0.25) is 0 Å². The van der Waals surface area contributed by atoms with Crippen molar-refractivity contribution in [2.75, 3.05) is 14.2 Å². The molecule has 1 saturated carbocycles. The zero-order chi connectivity index (χ0) is 19.8. The van der Waals surface area contributed by atoms with Gasteiger partial charge in [0.05, 0.1) is 14.2 Å². The van der Waals surface area contributed by atoms with Crippen molar-refractivity contribution < 1.29 is 9.47 Å². The second-order valence-corrected chi connectivity index (χ2v) is 8.13. The fourth-order valence-electron chi connectivity index (χ4n) is 4.61. The summed E-state index contributed by atoms with van der Waals surface area (Å²) in [6.45, 7) is 0. The Hall–Kier alpha value is -2.78. The molecule has 3 aromatic carbocycles. The van der Waals surface area contributed by atoms with E-state index in [1.807, 2.05) is 12.1 Å². The number of rotatable bonds is 6. The molecule has 0 radical (unpaired) electrons. The standard InChI is InChI=1S/C26H27NO2/c1-28-21-5-3-4-20(14-21)17-6-8-18(9-7-17)24-16-26(24)27-25-13-11-19-10-12-22(29-2)15-23(19)25/h3-10,12,14-15,24-27H,11,13,16H2,1-2H3/t24-,25?,26+/m0/s1. The summed E-state index contributed by atoms with van der Waals surface area (Å²) < 4.78 is 10.8. The van der Waals surface area contributed by atoms with E-state index in [0.29, 0.717) is 18.0 Å². The molecule has 3 atom stereocenters. The molecule has 0 saturated heterocycles. The predicted molar refractivity (Wildman–Crippen MR) is 117 cm³/mol. The van der Waals surface area contributed by atoms with Gasteiger partial charge in [-0.3, -0.25) is 0 Å². The number of hydrogen-bond acceptors (Lipinski definition) is 3. The van der Waals surface area contributed by atoms with Crippen LogP contribution < -0.4 is 14.8 Å². The van der Waals surface area contributed by atoms with Crippen molar-refractivity contribution in [1.82, 2.24) is 5.32 Å². The van der Waals surface area contributed by atoms with Crippen LogP contribution in [0.3, 0.4) is 0 Å². The van der Waals surface area contributed by atoms with E-state index in [-0.39, 0.29) is 0 Å². The Labute approximate surface area is 172 Å². The highest BCUT2D eigenvalue weighted by Crippen LogP contribution is 2.44. The lowest BCUT2D eigenvalue weighted by Gasteiger charge is -2.15. The molecule has 148 valence electrons. The third-order valence-corrected chi connectivity index (χ3v) is 6.38. The summed E-state index contributed by atoms with van der Waals surface area (Å²) in [5.41, 5.74) is 6.73. The van der Waals surface area contributed by atoms with Crippen LogP contribution in [-0.2, 0) is 6.42 Å². The second kappa shape index (κ2) is 7.57. The maximum atomic E-state index is 5.43. The van der Waals surface area contributed by atoms with Gasteiger partial charge in [0.15, 0.2) is 0 Å². The maximum Gasteiger partial charge on any atom is 0.119 e. The van der Waals surface area contributed by atoms with E-state index < -0.39 is 0 Å². The van der Waals surface area contributed by atoms with Crippen LogP contribution in [0, 0.1) is 0 Å². The normalized spacial score (nSPS) is 22.2. The monoisotopic (exact) mass is 385 g/mol. The van der Waals surface area contributed by atoms with Crippen LogP contribution in [0.1, 0.15) is 41.5 Å². The molecule has 1 fully saturated rings. The minimum absolute atomic E-state index is 0.450. The summed E-state index contributed by atoms with van der Waals surface area (Å²) in [6, 6.07) is 24.8. The van der Waals surface area contributed by atoms with Crippen molar-refractivity contribution in [3.05, 3.63) is 83.4 Å². The summed E-state index contributed by atoms with van der Waals surface area (Å²) in [5, 5.41) is 3.90. The summed E-state index contributed by atoms with van der Waals surface area (Å²) in [5.74, 6) is 2.47. The summed E-state index contributed by atoms with van der Waals surface area (Å²) >= 11 is 0. The first kappa shape index (κ1) is 18.3. The van der Waals surface area contributed by atoms with Crippen LogP contribution in [0.5, 0.6) is 11.5 Å². The number of methoxy groups -OCH3 is 2. The Kier molecular flexibility index (Phi) is 4.76. The number of aryl methyl sites for hydroxylation is 1. The number of hydrogen-bond donors (Lipinski definition) is 1. The Morgan fingerprint density at radius 1 is 0.828 bits per heavy atom. The average Bonchev–Trinajstić information content (AvgIpc) is 3.44. The zero-order valence-corrected chi connectivity index (χ0v) is 17.0. The largest absolute Gasteiger partial charge is 0.497 e. The van der Waals surface area contributed by atoms with Crippen molar-refractivity contribution in [2.45, 2.75) is 37.3 Å². The molecule has 3 nitrogen and oxygen atoms in total. The molecule has 2 aliphatic carbocycles. The topological polar surface area (TPSA) is 30.5 Å². The molecule has 29 heavy (non-hydrogen) atoms. The molecule has 0 aliphatic heterocycles. The summed E-state index contributed by atoms with van der Waals surface area (Å²) in [6.07, 6.45) is 3.55. The lowest BCUT2D eigenvalue weighted by molar-refractivity contribution is 0.413. The van der Waals surface area contributed by atoms with E-state index in [2.05, 4.69) is 59.9 Å². The molecule has 1 N–H and O–H groups in total. The fraction of sp³-hybridized carbons (Fsp3) is 0.308. The van der Waals surface area contributed by atoms with Gasteiger partial charge in [0.1, 0.15) is 11.5 Å². The van der Waals surface area contributed by atoms with Gasteiger partial charge in [0, 0.05) is 18.0 Å². The molecule has 1 unspecified atom stereocenters. The molecule has 0 amide bonds. The minimum Gasteiger partial charge on any atom is -0.497 e. The summed E-state index contributed by atoms with van der Waals surface area (Å²) in [4.78, 5) is 0. The van der Waals surface area contributed by atoms with Crippen LogP contribution in [-0.4, -0.2) is 20.3 Å². The predicted octanol–water partition coefficient (Wildman–Crippen LogP) is 5.50. The van der Waals surface area contributed by atoms with Gasteiger partial charge in [-0.2, -0.15) is 0 Å². The minimum atomic E-state index is 0.450. The Morgan fingerprint density at radius 3 is 2.41 bits per heavy atom. The van der Waals surface area contributed by atoms with Crippen LogP contribution in [0.15, 0.2) is 66.7 Å². The van der Waals surface area contributed by atoms with E-state index in [1.165, 1.54) is 40.7 Å². The first-order valence-electron chi connectivity index (χ1n) is 10.4. The van der Waals surface area contributed by atoms with Crippen LogP contribution in [0.25, 0.3) is 11.1 Å². The molecule has 3 heteroatoms. The van der Waals surface area contributed by atoms with E-state index in [9.17, 15) is 0 Å². The molecular formula is C26H27NO2.